The highest BCUT2D eigenvalue weighted by atomic mass is 35.5. The van der Waals surface area contributed by atoms with Gasteiger partial charge in [-0.3, -0.25) is 0 Å². The molecule has 4 heteroatoms. The monoisotopic (exact) mass is 307 g/mol. The lowest BCUT2D eigenvalue weighted by Crippen LogP contribution is -2.22. The van der Waals surface area contributed by atoms with Crippen LogP contribution in [0.4, 0.5) is 0 Å². The molecule has 3 nitrogen and oxygen atoms in total. The van der Waals surface area contributed by atoms with E-state index in [-0.39, 0.29) is 0 Å². The zero-order valence-electron chi connectivity index (χ0n) is 13.0. The number of hydrogen-bond acceptors (Lipinski definition) is 3. The molecule has 0 atom stereocenters. The molecule has 1 N–H and O–H groups in total. The summed E-state index contributed by atoms with van der Waals surface area (Å²) >= 11 is 6.16. The molecule has 0 bridgehead atoms. The van der Waals surface area contributed by atoms with Crippen LogP contribution in [0, 0.1) is 13.8 Å². The summed E-state index contributed by atoms with van der Waals surface area (Å²) in [6.07, 6.45) is 1.70. The van der Waals surface area contributed by atoms with Crippen LogP contribution in [0.15, 0.2) is 28.9 Å². The molecule has 0 unspecified atom stereocenters. The molecule has 114 valence electrons. The third-order valence-corrected chi connectivity index (χ3v) is 3.91. The fourth-order valence-electron chi connectivity index (χ4n) is 2.10. The first-order valence-electron chi connectivity index (χ1n) is 7.15. The molecule has 0 aliphatic heterocycles. The van der Waals surface area contributed by atoms with E-state index in [1.807, 2.05) is 32.0 Å². The zero-order valence-corrected chi connectivity index (χ0v) is 13.8. The van der Waals surface area contributed by atoms with Gasteiger partial charge in [0.15, 0.2) is 0 Å². The molecular weight excluding hydrogens is 286 g/mol. The van der Waals surface area contributed by atoms with Crippen LogP contribution < -0.4 is 10.1 Å². The summed E-state index contributed by atoms with van der Waals surface area (Å²) in [7, 11) is 0. The molecule has 2 aromatic rings. The van der Waals surface area contributed by atoms with Crippen molar-refractivity contribution in [3.8, 4) is 5.75 Å². The second-order valence-electron chi connectivity index (χ2n) is 5.56. The van der Waals surface area contributed by atoms with Crippen LogP contribution in [0.2, 0.25) is 5.02 Å². The Kier molecular flexibility index (Phi) is 5.32. The largest absolute Gasteiger partial charge is 0.486 e. The number of furan rings is 1. The van der Waals surface area contributed by atoms with Gasteiger partial charge in [-0.1, -0.05) is 25.4 Å². The maximum atomic E-state index is 6.16. The molecule has 21 heavy (non-hydrogen) atoms. The normalized spacial score (nSPS) is 11.1. The highest BCUT2D eigenvalue weighted by Gasteiger charge is 2.09. The van der Waals surface area contributed by atoms with Gasteiger partial charge in [-0.05, 0) is 43.2 Å². The van der Waals surface area contributed by atoms with Gasteiger partial charge in [-0.15, -0.1) is 0 Å². The van der Waals surface area contributed by atoms with Gasteiger partial charge >= 0.3 is 0 Å². The smallest absolute Gasteiger partial charge is 0.146 e. The van der Waals surface area contributed by atoms with Crippen molar-refractivity contribution in [3.05, 3.63) is 51.9 Å². The first-order chi connectivity index (χ1) is 9.97. The number of rotatable bonds is 6. The molecule has 0 saturated heterocycles. The number of nitrogens with one attached hydrogen (secondary N) is 1. The summed E-state index contributed by atoms with van der Waals surface area (Å²) in [6, 6.07) is 6.32. The lowest BCUT2D eigenvalue weighted by atomic mass is 10.1. The van der Waals surface area contributed by atoms with Crippen molar-refractivity contribution in [2.24, 2.45) is 0 Å². The van der Waals surface area contributed by atoms with E-state index in [1.165, 1.54) is 0 Å². The molecule has 0 amide bonds. The Morgan fingerprint density at radius 2 is 1.90 bits per heavy atom. The molecule has 0 saturated carbocycles. The number of halogens is 1. The number of aryl methyl sites for hydroxylation is 2. The topological polar surface area (TPSA) is 34.4 Å². The van der Waals surface area contributed by atoms with Crippen molar-refractivity contribution in [2.45, 2.75) is 46.9 Å². The molecule has 0 aliphatic rings. The second kappa shape index (κ2) is 7.01. The molecule has 1 aromatic heterocycles. The summed E-state index contributed by atoms with van der Waals surface area (Å²) in [4.78, 5) is 0. The van der Waals surface area contributed by atoms with E-state index in [0.29, 0.717) is 12.6 Å². The molecular formula is C17H22ClNO2. The molecule has 0 spiro atoms. The molecule has 1 heterocycles. The third kappa shape index (κ3) is 4.26. The van der Waals surface area contributed by atoms with Gasteiger partial charge in [-0.25, -0.2) is 0 Å². The van der Waals surface area contributed by atoms with Crippen molar-refractivity contribution in [1.29, 1.82) is 0 Å². The molecule has 2 rings (SSSR count). The maximum absolute atomic E-state index is 6.16. The van der Waals surface area contributed by atoms with Crippen LogP contribution in [0.3, 0.4) is 0 Å². The Morgan fingerprint density at radius 3 is 2.52 bits per heavy atom. The van der Waals surface area contributed by atoms with Gasteiger partial charge in [0.05, 0.1) is 6.26 Å². The SMILES string of the molecule is Cc1cc(OCc2occc2CNC(C)C)cc(C)c1Cl. The van der Waals surface area contributed by atoms with Crippen molar-refractivity contribution in [3.63, 3.8) is 0 Å². The van der Waals surface area contributed by atoms with Crippen LogP contribution in [-0.4, -0.2) is 6.04 Å². The van der Waals surface area contributed by atoms with E-state index >= 15 is 0 Å². The van der Waals surface area contributed by atoms with Crippen LogP contribution in [0.25, 0.3) is 0 Å². The quantitative estimate of drug-likeness (QED) is 0.845. The summed E-state index contributed by atoms with van der Waals surface area (Å²) in [6.45, 7) is 9.40. The minimum Gasteiger partial charge on any atom is -0.486 e. The lowest BCUT2D eigenvalue weighted by Gasteiger charge is -2.11. The van der Waals surface area contributed by atoms with E-state index in [9.17, 15) is 0 Å². The first kappa shape index (κ1) is 15.9. The predicted octanol–water partition coefficient (Wildman–Crippen LogP) is 4.63. The predicted molar refractivity (Wildman–Crippen MR) is 85.9 cm³/mol. The molecule has 0 aliphatic carbocycles. The fraction of sp³-hybridized carbons (Fsp3) is 0.412. The molecule has 0 fully saturated rings. The van der Waals surface area contributed by atoms with Crippen LogP contribution in [-0.2, 0) is 13.2 Å². The average molecular weight is 308 g/mol. The summed E-state index contributed by atoms with van der Waals surface area (Å²) in [5.74, 6) is 1.67. The van der Waals surface area contributed by atoms with Gasteiger partial charge in [0.2, 0.25) is 0 Å². The summed E-state index contributed by atoms with van der Waals surface area (Å²) in [5, 5.41) is 4.17. The minimum absolute atomic E-state index is 0.419. The average Bonchev–Trinajstić information content (AvgIpc) is 2.87. The number of benzene rings is 1. The van der Waals surface area contributed by atoms with Gasteiger partial charge in [0.25, 0.3) is 0 Å². The van der Waals surface area contributed by atoms with Gasteiger partial charge in [0.1, 0.15) is 18.1 Å². The van der Waals surface area contributed by atoms with Crippen molar-refractivity contribution in [1.82, 2.24) is 5.32 Å². The van der Waals surface area contributed by atoms with Crippen molar-refractivity contribution >= 4 is 11.6 Å². The van der Waals surface area contributed by atoms with Crippen LogP contribution in [0.1, 0.15) is 36.3 Å². The zero-order chi connectivity index (χ0) is 15.4. The van der Waals surface area contributed by atoms with Crippen LogP contribution in [0.5, 0.6) is 5.75 Å². The Balaban J connectivity index is 2.02. The Hall–Kier alpha value is -1.45. The first-order valence-corrected chi connectivity index (χ1v) is 7.53. The maximum Gasteiger partial charge on any atom is 0.146 e. The van der Waals surface area contributed by atoms with Gasteiger partial charge in [-0.2, -0.15) is 0 Å². The van der Waals surface area contributed by atoms with E-state index in [0.717, 1.165) is 39.8 Å². The highest BCUT2D eigenvalue weighted by molar-refractivity contribution is 6.32. The highest BCUT2D eigenvalue weighted by Crippen LogP contribution is 2.26. The second-order valence-corrected chi connectivity index (χ2v) is 5.94. The Labute approximate surface area is 131 Å². The van der Waals surface area contributed by atoms with Gasteiger partial charge in [0, 0.05) is 23.2 Å². The Bertz CT molecular complexity index is 582. The third-order valence-electron chi connectivity index (χ3n) is 3.32. The number of ether oxygens (including phenoxy) is 1. The summed E-state index contributed by atoms with van der Waals surface area (Å²) in [5.41, 5.74) is 3.17. The fourth-order valence-corrected chi connectivity index (χ4v) is 2.21. The number of hydrogen-bond donors (Lipinski definition) is 1. The standard InChI is InChI=1S/C17H22ClNO2/c1-11(2)19-9-14-5-6-20-16(14)10-21-15-7-12(3)17(18)13(4)8-15/h5-8,11,19H,9-10H2,1-4H3. The van der Waals surface area contributed by atoms with E-state index in [4.69, 9.17) is 20.8 Å². The Morgan fingerprint density at radius 1 is 1.24 bits per heavy atom. The lowest BCUT2D eigenvalue weighted by molar-refractivity contribution is 0.267. The van der Waals surface area contributed by atoms with E-state index in [2.05, 4.69) is 19.2 Å². The van der Waals surface area contributed by atoms with Crippen molar-refractivity contribution < 1.29 is 9.15 Å². The van der Waals surface area contributed by atoms with E-state index in [1.54, 1.807) is 6.26 Å². The summed E-state index contributed by atoms with van der Waals surface area (Å²) < 4.78 is 11.3. The molecule has 0 radical (unpaired) electrons. The van der Waals surface area contributed by atoms with E-state index < -0.39 is 0 Å². The van der Waals surface area contributed by atoms with Crippen molar-refractivity contribution in [2.75, 3.05) is 0 Å². The molecule has 1 aromatic carbocycles. The van der Waals surface area contributed by atoms with Gasteiger partial charge < -0.3 is 14.5 Å². The minimum atomic E-state index is 0.419. The van der Waals surface area contributed by atoms with Crippen LogP contribution >= 0.6 is 11.6 Å².